The minimum absolute atomic E-state index is 0.0375. The quantitative estimate of drug-likeness (QED) is 0.594. The lowest BCUT2D eigenvalue weighted by atomic mass is 10.7. The van der Waals surface area contributed by atoms with Crippen LogP contribution in [0.15, 0.2) is 0 Å². The Morgan fingerprint density at radius 3 is 2.06 bits per heavy atom. The predicted octanol–water partition coefficient (Wildman–Crippen LogP) is -0.138. The number of aliphatic hydroxyl groups is 1. The number of carbonyl (C=O) groups is 1. The number of hydrogen-bond acceptors (Lipinski definition) is 5. The van der Waals surface area contributed by atoms with Crippen LogP contribution in [0.25, 0.3) is 0 Å². The van der Waals surface area contributed by atoms with E-state index in [0.29, 0.717) is 6.61 Å². The van der Waals surface area contributed by atoms with Gasteiger partial charge in [0.05, 0.1) is 0 Å². The van der Waals surface area contributed by atoms with E-state index in [1.54, 1.807) is 0 Å². The summed E-state index contributed by atoms with van der Waals surface area (Å²) in [4.78, 5) is 14.3. The van der Waals surface area contributed by atoms with Gasteiger partial charge in [-0.15, -0.1) is 0 Å². The van der Waals surface area contributed by atoms with Gasteiger partial charge in [-0.25, -0.2) is 4.79 Å². The second kappa shape index (κ2) is 9.34. The summed E-state index contributed by atoms with van der Waals surface area (Å²) < 4.78 is 14.8. The summed E-state index contributed by atoms with van der Waals surface area (Å²) in [6.45, 7) is 2.09. The fraction of sp³-hybridized carbons (Fsp3) is 0.889. The van der Waals surface area contributed by atoms with Crippen molar-refractivity contribution < 1.29 is 24.1 Å². The zero-order valence-corrected chi connectivity index (χ0v) is 10.0. The largest absolute Gasteiger partial charge is 0.376 e. The first-order valence-corrected chi connectivity index (χ1v) is 4.91. The van der Waals surface area contributed by atoms with Gasteiger partial charge < -0.3 is 19.3 Å². The number of hydrogen-bond donors (Lipinski definition) is 1. The second-order valence-electron chi connectivity index (χ2n) is 2.96. The van der Waals surface area contributed by atoms with E-state index in [1.807, 2.05) is 6.92 Å². The molecule has 0 atom stereocenters. The molecule has 0 heterocycles. The number of ether oxygens (including phenoxy) is 3. The molecular weight excluding hydrogens is 216 g/mol. The van der Waals surface area contributed by atoms with Crippen LogP contribution < -0.4 is 0 Å². The number of carbonyl (C=O) groups excluding carboxylic acids is 1. The molecule has 0 aliphatic carbocycles. The van der Waals surface area contributed by atoms with E-state index >= 15 is 0 Å². The molecule has 2 amide bonds. The van der Waals surface area contributed by atoms with E-state index < -0.39 is 12.8 Å². The molecular formula is C9H20N2O5. The maximum Gasteiger partial charge on any atom is 0.327 e. The minimum Gasteiger partial charge on any atom is -0.376 e. The van der Waals surface area contributed by atoms with Gasteiger partial charge in [-0.3, -0.25) is 9.80 Å². The van der Waals surface area contributed by atoms with E-state index in [-0.39, 0.29) is 20.2 Å². The monoisotopic (exact) mass is 236 g/mol. The van der Waals surface area contributed by atoms with Gasteiger partial charge in [-0.2, -0.15) is 0 Å². The standard InChI is InChI=1S/C9H20N2O5/c1-4-16-8-10(5-12)9(13)11(6-14-2)7-15-3/h12H,4-8H2,1-3H3. The number of amides is 2. The molecule has 0 aromatic rings. The van der Waals surface area contributed by atoms with Crippen molar-refractivity contribution in [2.45, 2.75) is 6.92 Å². The molecule has 0 saturated carbocycles. The van der Waals surface area contributed by atoms with Crippen molar-refractivity contribution in [1.82, 2.24) is 9.80 Å². The number of aliphatic hydroxyl groups excluding tert-OH is 1. The van der Waals surface area contributed by atoms with Crippen molar-refractivity contribution in [3.8, 4) is 0 Å². The molecule has 0 aromatic carbocycles. The van der Waals surface area contributed by atoms with Gasteiger partial charge in [0.15, 0.2) is 0 Å². The zero-order chi connectivity index (χ0) is 12.4. The fourth-order valence-electron chi connectivity index (χ4n) is 1.02. The molecule has 0 aliphatic heterocycles. The summed E-state index contributed by atoms with van der Waals surface area (Å²) in [5.41, 5.74) is 0. The van der Waals surface area contributed by atoms with Crippen molar-refractivity contribution in [3.63, 3.8) is 0 Å². The first kappa shape index (κ1) is 15.1. The first-order chi connectivity index (χ1) is 7.71. The van der Waals surface area contributed by atoms with Crippen molar-refractivity contribution in [1.29, 1.82) is 0 Å². The zero-order valence-electron chi connectivity index (χ0n) is 10.0. The highest BCUT2D eigenvalue weighted by atomic mass is 16.5. The van der Waals surface area contributed by atoms with Crippen molar-refractivity contribution >= 4 is 6.03 Å². The molecule has 7 heteroatoms. The van der Waals surface area contributed by atoms with Crippen molar-refractivity contribution in [2.75, 3.05) is 47.7 Å². The third kappa shape index (κ3) is 5.26. The van der Waals surface area contributed by atoms with Gasteiger partial charge in [-0.1, -0.05) is 0 Å². The topological polar surface area (TPSA) is 71.5 Å². The van der Waals surface area contributed by atoms with Crippen LogP contribution in [-0.2, 0) is 14.2 Å². The third-order valence-corrected chi connectivity index (χ3v) is 1.73. The summed E-state index contributed by atoms with van der Waals surface area (Å²) >= 11 is 0. The molecule has 0 aromatic heterocycles. The van der Waals surface area contributed by atoms with E-state index in [4.69, 9.17) is 19.3 Å². The van der Waals surface area contributed by atoms with Gasteiger partial charge in [-0.05, 0) is 6.92 Å². The van der Waals surface area contributed by atoms with E-state index in [0.717, 1.165) is 4.90 Å². The lowest BCUT2D eigenvalue weighted by Crippen LogP contribution is -2.46. The third-order valence-electron chi connectivity index (χ3n) is 1.73. The van der Waals surface area contributed by atoms with E-state index in [2.05, 4.69) is 0 Å². The van der Waals surface area contributed by atoms with Crippen LogP contribution in [0.4, 0.5) is 4.79 Å². The van der Waals surface area contributed by atoms with Gasteiger partial charge in [0, 0.05) is 20.8 Å². The maximum atomic E-state index is 11.8. The van der Waals surface area contributed by atoms with Crippen LogP contribution in [0.3, 0.4) is 0 Å². The summed E-state index contributed by atoms with van der Waals surface area (Å²) in [5.74, 6) is 0. The van der Waals surface area contributed by atoms with Gasteiger partial charge in [0.1, 0.15) is 26.9 Å². The summed E-state index contributed by atoms with van der Waals surface area (Å²) in [7, 11) is 2.95. The molecule has 0 spiro atoms. The normalized spacial score (nSPS) is 10.2. The number of rotatable bonds is 8. The fourth-order valence-corrected chi connectivity index (χ4v) is 1.02. The lowest BCUT2D eigenvalue weighted by molar-refractivity contribution is -0.0327. The molecule has 0 fully saturated rings. The second-order valence-corrected chi connectivity index (χ2v) is 2.96. The maximum absolute atomic E-state index is 11.8. The van der Waals surface area contributed by atoms with Gasteiger partial charge in [0.25, 0.3) is 0 Å². The molecule has 7 nitrogen and oxygen atoms in total. The Labute approximate surface area is 95.5 Å². The van der Waals surface area contributed by atoms with Crippen LogP contribution >= 0.6 is 0 Å². The van der Waals surface area contributed by atoms with Crippen LogP contribution in [0, 0.1) is 0 Å². The molecule has 0 bridgehead atoms. The number of methoxy groups -OCH3 is 2. The van der Waals surface area contributed by atoms with Gasteiger partial charge in [0.2, 0.25) is 0 Å². The Balaban J connectivity index is 4.29. The Kier molecular flexibility index (Phi) is 8.82. The van der Waals surface area contributed by atoms with Crippen molar-refractivity contribution in [2.24, 2.45) is 0 Å². The molecule has 16 heavy (non-hydrogen) atoms. The highest BCUT2D eigenvalue weighted by Gasteiger charge is 2.19. The Morgan fingerprint density at radius 1 is 1.12 bits per heavy atom. The molecule has 0 aliphatic rings. The number of nitrogens with zero attached hydrogens (tertiary/aromatic N) is 2. The van der Waals surface area contributed by atoms with Crippen LogP contribution in [-0.4, -0.2) is 68.7 Å². The predicted molar refractivity (Wildman–Crippen MR) is 56.4 cm³/mol. The molecule has 0 saturated heterocycles. The summed E-state index contributed by atoms with van der Waals surface area (Å²) in [5, 5.41) is 9.03. The van der Waals surface area contributed by atoms with Crippen LogP contribution in [0.5, 0.6) is 0 Å². The van der Waals surface area contributed by atoms with Crippen molar-refractivity contribution in [3.05, 3.63) is 0 Å². The Hall–Kier alpha value is -0.890. The molecule has 0 unspecified atom stereocenters. The average Bonchev–Trinajstić information content (AvgIpc) is 2.29. The van der Waals surface area contributed by atoms with E-state index in [9.17, 15) is 4.79 Å². The minimum atomic E-state index is -0.414. The molecule has 96 valence electrons. The highest BCUT2D eigenvalue weighted by Crippen LogP contribution is 1.99. The van der Waals surface area contributed by atoms with Crippen LogP contribution in [0.2, 0.25) is 0 Å². The summed E-state index contributed by atoms with van der Waals surface area (Å²) in [6.07, 6.45) is 0. The highest BCUT2D eigenvalue weighted by molar-refractivity contribution is 5.73. The average molecular weight is 236 g/mol. The molecule has 0 radical (unpaired) electrons. The van der Waals surface area contributed by atoms with Gasteiger partial charge >= 0.3 is 6.03 Å². The van der Waals surface area contributed by atoms with E-state index in [1.165, 1.54) is 19.1 Å². The SMILES string of the molecule is CCOCN(CO)C(=O)N(COC)COC. The van der Waals surface area contributed by atoms with Crippen LogP contribution in [0.1, 0.15) is 6.92 Å². The number of urea groups is 1. The molecule has 0 rings (SSSR count). The summed E-state index contributed by atoms with van der Waals surface area (Å²) in [6, 6.07) is -0.403. The lowest BCUT2D eigenvalue weighted by Gasteiger charge is -2.27. The Morgan fingerprint density at radius 2 is 1.69 bits per heavy atom. The first-order valence-electron chi connectivity index (χ1n) is 4.91. The smallest absolute Gasteiger partial charge is 0.327 e. The molecule has 1 N–H and O–H groups in total. The Bertz CT molecular complexity index is 185.